The van der Waals surface area contributed by atoms with Crippen LogP contribution >= 0.6 is 11.6 Å². The van der Waals surface area contributed by atoms with Crippen LogP contribution < -0.4 is 5.32 Å². The normalized spacial score (nSPS) is 16.2. The summed E-state index contributed by atoms with van der Waals surface area (Å²) >= 11 is 5.98. The van der Waals surface area contributed by atoms with E-state index in [0.29, 0.717) is 6.10 Å². The molecule has 0 aliphatic heterocycles. The Balaban J connectivity index is 1.45. The molecule has 4 heteroatoms. The van der Waals surface area contributed by atoms with Gasteiger partial charge in [-0.25, -0.2) is 0 Å². The van der Waals surface area contributed by atoms with Crippen molar-refractivity contribution in [2.45, 2.75) is 38.3 Å². The van der Waals surface area contributed by atoms with Crippen LogP contribution in [0.4, 0.5) is 0 Å². The molecule has 1 heterocycles. The molecule has 1 aromatic carbocycles. The molecular formula is C16H21ClN2O. The number of nitrogens with one attached hydrogen (secondary N) is 2. The summed E-state index contributed by atoms with van der Waals surface area (Å²) in [4.78, 5) is 3.26. The van der Waals surface area contributed by atoms with Gasteiger partial charge in [0.05, 0.1) is 12.7 Å². The quantitative estimate of drug-likeness (QED) is 0.793. The number of H-pyrrole nitrogens is 1. The van der Waals surface area contributed by atoms with Crippen LogP contribution in [0.3, 0.4) is 0 Å². The molecule has 3 nitrogen and oxygen atoms in total. The van der Waals surface area contributed by atoms with Crippen molar-refractivity contribution >= 4 is 22.5 Å². The van der Waals surface area contributed by atoms with Crippen molar-refractivity contribution in [2.75, 3.05) is 13.2 Å². The Morgan fingerprint density at radius 2 is 2.15 bits per heavy atom. The third kappa shape index (κ3) is 3.35. The highest BCUT2D eigenvalue weighted by Crippen LogP contribution is 2.22. The summed E-state index contributed by atoms with van der Waals surface area (Å²) in [6.45, 7) is 2.56. The van der Waals surface area contributed by atoms with Crippen LogP contribution in [0.25, 0.3) is 10.9 Å². The highest BCUT2D eigenvalue weighted by atomic mass is 35.5. The van der Waals surface area contributed by atoms with Gasteiger partial charge in [0.25, 0.3) is 0 Å². The van der Waals surface area contributed by atoms with Crippen molar-refractivity contribution in [3.05, 3.63) is 35.0 Å². The van der Waals surface area contributed by atoms with Gasteiger partial charge in [-0.3, -0.25) is 0 Å². The molecule has 1 aliphatic carbocycles. The fourth-order valence-corrected chi connectivity index (χ4v) is 3.05. The van der Waals surface area contributed by atoms with Crippen LogP contribution in [0, 0.1) is 0 Å². The lowest BCUT2D eigenvalue weighted by molar-refractivity contribution is 0.0603. The Morgan fingerprint density at radius 1 is 1.30 bits per heavy atom. The lowest BCUT2D eigenvalue weighted by atomic mass is 10.2. The Bertz CT molecular complexity index is 561. The molecule has 1 aliphatic rings. The fourth-order valence-electron chi connectivity index (χ4n) is 2.88. The predicted molar refractivity (Wildman–Crippen MR) is 83.2 cm³/mol. The average molecular weight is 293 g/mol. The summed E-state index contributed by atoms with van der Waals surface area (Å²) in [5.41, 5.74) is 2.37. The van der Waals surface area contributed by atoms with Crippen molar-refractivity contribution in [3.8, 4) is 0 Å². The lowest BCUT2D eigenvalue weighted by Crippen LogP contribution is -2.21. The summed E-state index contributed by atoms with van der Waals surface area (Å²) in [5, 5.41) is 5.44. The minimum Gasteiger partial charge on any atom is -0.377 e. The van der Waals surface area contributed by atoms with Crippen molar-refractivity contribution in [1.29, 1.82) is 0 Å². The summed E-state index contributed by atoms with van der Waals surface area (Å²) < 4.78 is 5.84. The largest absolute Gasteiger partial charge is 0.377 e. The molecule has 2 aromatic rings. The SMILES string of the molecule is Clc1ccc2c(CNCCOC3CCCC3)c[nH]c2c1. The first kappa shape index (κ1) is 13.9. The van der Waals surface area contributed by atoms with E-state index in [1.165, 1.54) is 36.6 Å². The van der Waals surface area contributed by atoms with Crippen LogP contribution in [-0.2, 0) is 11.3 Å². The highest BCUT2D eigenvalue weighted by molar-refractivity contribution is 6.31. The van der Waals surface area contributed by atoms with Gasteiger partial charge in [-0.2, -0.15) is 0 Å². The Labute approximate surface area is 124 Å². The molecule has 1 aromatic heterocycles. The maximum atomic E-state index is 5.98. The smallest absolute Gasteiger partial charge is 0.0594 e. The monoisotopic (exact) mass is 292 g/mol. The topological polar surface area (TPSA) is 37.0 Å². The molecule has 0 radical (unpaired) electrons. The third-order valence-corrected chi connectivity index (χ3v) is 4.21. The second-order valence-electron chi connectivity index (χ2n) is 5.46. The molecule has 108 valence electrons. The minimum absolute atomic E-state index is 0.507. The summed E-state index contributed by atoms with van der Waals surface area (Å²) in [7, 11) is 0. The van der Waals surface area contributed by atoms with Gasteiger partial charge in [-0.05, 0) is 30.5 Å². The van der Waals surface area contributed by atoms with Gasteiger partial charge >= 0.3 is 0 Å². The van der Waals surface area contributed by atoms with Gasteiger partial charge in [0.15, 0.2) is 0 Å². The number of rotatable bonds is 6. The minimum atomic E-state index is 0.507. The molecular weight excluding hydrogens is 272 g/mol. The van der Waals surface area contributed by atoms with Gasteiger partial charge in [-0.15, -0.1) is 0 Å². The van der Waals surface area contributed by atoms with E-state index in [-0.39, 0.29) is 0 Å². The molecule has 0 atom stereocenters. The van der Waals surface area contributed by atoms with Crippen LogP contribution in [0.5, 0.6) is 0 Å². The van der Waals surface area contributed by atoms with E-state index in [4.69, 9.17) is 16.3 Å². The van der Waals surface area contributed by atoms with E-state index >= 15 is 0 Å². The standard InChI is InChI=1S/C16H21ClN2O/c17-13-5-6-15-12(11-19-16(15)9-13)10-18-7-8-20-14-3-1-2-4-14/h5-6,9,11,14,18-19H,1-4,7-8,10H2. The first-order chi connectivity index (χ1) is 9.83. The van der Waals surface area contributed by atoms with Crippen molar-refractivity contribution < 1.29 is 4.74 Å². The molecule has 0 spiro atoms. The first-order valence-electron chi connectivity index (χ1n) is 7.41. The zero-order chi connectivity index (χ0) is 13.8. The average Bonchev–Trinajstić information content (AvgIpc) is 3.08. The number of benzene rings is 1. The number of aromatic nitrogens is 1. The fraction of sp³-hybridized carbons (Fsp3) is 0.500. The van der Waals surface area contributed by atoms with Crippen LogP contribution in [-0.4, -0.2) is 24.2 Å². The molecule has 2 N–H and O–H groups in total. The van der Waals surface area contributed by atoms with E-state index in [2.05, 4.69) is 16.4 Å². The van der Waals surface area contributed by atoms with E-state index in [9.17, 15) is 0 Å². The molecule has 1 fully saturated rings. The second kappa shape index (κ2) is 6.61. The molecule has 0 bridgehead atoms. The Kier molecular flexibility index (Phi) is 4.61. The van der Waals surface area contributed by atoms with Crippen molar-refractivity contribution in [1.82, 2.24) is 10.3 Å². The molecule has 3 rings (SSSR count). The molecule has 0 unspecified atom stereocenters. The van der Waals surface area contributed by atoms with Gasteiger partial charge in [-0.1, -0.05) is 30.5 Å². The molecule has 1 saturated carbocycles. The first-order valence-corrected chi connectivity index (χ1v) is 7.78. The van der Waals surface area contributed by atoms with E-state index in [1.54, 1.807) is 0 Å². The number of ether oxygens (including phenoxy) is 1. The highest BCUT2D eigenvalue weighted by Gasteiger charge is 2.14. The second-order valence-corrected chi connectivity index (χ2v) is 5.89. The number of hydrogen-bond donors (Lipinski definition) is 2. The lowest BCUT2D eigenvalue weighted by Gasteiger charge is -2.11. The van der Waals surface area contributed by atoms with Crippen LogP contribution in [0.2, 0.25) is 5.02 Å². The summed E-state index contributed by atoms with van der Waals surface area (Å²) in [5.74, 6) is 0. The van der Waals surface area contributed by atoms with E-state index < -0.39 is 0 Å². The van der Waals surface area contributed by atoms with Gasteiger partial charge in [0, 0.05) is 35.2 Å². The van der Waals surface area contributed by atoms with Crippen LogP contribution in [0.1, 0.15) is 31.2 Å². The van der Waals surface area contributed by atoms with Crippen molar-refractivity contribution in [2.24, 2.45) is 0 Å². The maximum absolute atomic E-state index is 5.98. The zero-order valence-electron chi connectivity index (χ0n) is 11.6. The van der Waals surface area contributed by atoms with Gasteiger partial charge in [0.1, 0.15) is 0 Å². The van der Waals surface area contributed by atoms with E-state index in [0.717, 1.165) is 30.2 Å². The third-order valence-electron chi connectivity index (χ3n) is 3.98. The van der Waals surface area contributed by atoms with Crippen molar-refractivity contribution in [3.63, 3.8) is 0 Å². The van der Waals surface area contributed by atoms with Crippen LogP contribution in [0.15, 0.2) is 24.4 Å². The predicted octanol–water partition coefficient (Wildman–Crippen LogP) is 3.87. The Hall–Kier alpha value is -1.03. The molecule has 20 heavy (non-hydrogen) atoms. The van der Waals surface area contributed by atoms with Gasteiger partial charge in [0.2, 0.25) is 0 Å². The zero-order valence-corrected chi connectivity index (χ0v) is 12.4. The molecule has 0 saturated heterocycles. The number of hydrogen-bond acceptors (Lipinski definition) is 2. The van der Waals surface area contributed by atoms with Gasteiger partial charge < -0.3 is 15.0 Å². The number of halogens is 1. The molecule has 0 amide bonds. The number of aromatic amines is 1. The summed E-state index contributed by atoms with van der Waals surface area (Å²) in [6.07, 6.45) is 7.69. The maximum Gasteiger partial charge on any atom is 0.0594 e. The Morgan fingerprint density at radius 3 is 3.00 bits per heavy atom. The summed E-state index contributed by atoms with van der Waals surface area (Å²) in [6, 6.07) is 5.97. The van der Waals surface area contributed by atoms with E-state index in [1.807, 2.05) is 18.3 Å². The number of fused-ring (bicyclic) bond motifs is 1.